The van der Waals surface area contributed by atoms with Gasteiger partial charge in [0.25, 0.3) is 0 Å². The fourth-order valence-electron chi connectivity index (χ4n) is 3.04. The van der Waals surface area contributed by atoms with E-state index in [-0.39, 0.29) is 18.6 Å². The summed E-state index contributed by atoms with van der Waals surface area (Å²) < 4.78 is 5.34. The van der Waals surface area contributed by atoms with Crippen LogP contribution in [-0.2, 0) is 11.3 Å². The Hall–Kier alpha value is -2.82. The topological polar surface area (TPSA) is 66.8 Å². The molecule has 2 aromatic carbocycles. The lowest BCUT2D eigenvalue weighted by molar-refractivity contribution is 0.0695. The number of carbonyl (C=O) groups is 2. The molecule has 1 aliphatic heterocycles. The summed E-state index contributed by atoms with van der Waals surface area (Å²) in [5, 5.41) is 9.31. The molecule has 1 saturated heterocycles. The van der Waals surface area contributed by atoms with Gasteiger partial charge in [0, 0.05) is 19.0 Å². The van der Waals surface area contributed by atoms with Crippen molar-refractivity contribution in [3.05, 3.63) is 71.3 Å². The second kappa shape index (κ2) is 7.17. The highest BCUT2D eigenvalue weighted by atomic mass is 16.6. The predicted octanol–water partition coefficient (Wildman–Crippen LogP) is 3.51. The summed E-state index contributed by atoms with van der Waals surface area (Å²) in [5.74, 6) is -0.905. The molecule has 1 aliphatic rings. The molecule has 24 heavy (non-hydrogen) atoms. The first-order valence-electron chi connectivity index (χ1n) is 7.93. The van der Waals surface area contributed by atoms with Crippen LogP contribution in [0, 0.1) is 0 Å². The van der Waals surface area contributed by atoms with Crippen LogP contribution in [0.1, 0.15) is 33.8 Å². The summed E-state index contributed by atoms with van der Waals surface area (Å²) in [6, 6.07) is 16.5. The predicted molar refractivity (Wildman–Crippen MR) is 89.0 cm³/mol. The molecule has 1 fully saturated rings. The summed E-state index contributed by atoms with van der Waals surface area (Å²) in [7, 11) is 0. The summed E-state index contributed by atoms with van der Waals surface area (Å²) in [6.07, 6.45) is 0.388. The van der Waals surface area contributed by atoms with Crippen molar-refractivity contribution in [2.75, 3.05) is 13.1 Å². The summed E-state index contributed by atoms with van der Waals surface area (Å²) >= 11 is 0. The van der Waals surface area contributed by atoms with Gasteiger partial charge < -0.3 is 14.7 Å². The van der Waals surface area contributed by atoms with Crippen molar-refractivity contribution in [3.8, 4) is 0 Å². The van der Waals surface area contributed by atoms with Crippen LogP contribution in [0.3, 0.4) is 0 Å². The average molecular weight is 325 g/mol. The first-order valence-corrected chi connectivity index (χ1v) is 7.93. The monoisotopic (exact) mass is 325 g/mol. The smallest absolute Gasteiger partial charge is 0.410 e. The fourth-order valence-corrected chi connectivity index (χ4v) is 3.04. The largest absolute Gasteiger partial charge is 0.478 e. The van der Waals surface area contributed by atoms with Gasteiger partial charge in [0.15, 0.2) is 0 Å². The third kappa shape index (κ3) is 3.56. The number of carboxylic acid groups (broad SMARTS) is 1. The number of nitrogens with zero attached hydrogens (tertiary/aromatic N) is 1. The lowest BCUT2D eigenvalue weighted by Crippen LogP contribution is -2.29. The molecule has 1 N–H and O–H groups in total. The molecule has 3 rings (SSSR count). The molecule has 0 spiro atoms. The van der Waals surface area contributed by atoms with Gasteiger partial charge in [0.2, 0.25) is 0 Å². The van der Waals surface area contributed by atoms with Gasteiger partial charge in [-0.1, -0.05) is 48.5 Å². The second-order valence-corrected chi connectivity index (χ2v) is 5.86. The highest BCUT2D eigenvalue weighted by Crippen LogP contribution is 2.30. The van der Waals surface area contributed by atoms with Crippen LogP contribution in [-0.4, -0.2) is 35.2 Å². The van der Waals surface area contributed by atoms with E-state index in [9.17, 15) is 14.7 Å². The van der Waals surface area contributed by atoms with Crippen LogP contribution in [0.15, 0.2) is 54.6 Å². The molecule has 1 heterocycles. The molecular formula is C19H19NO4. The van der Waals surface area contributed by atoms with Gasteiger partial charge in [-0.15, -0.1) is 0 Å². The first-order chi connectivity index (χ1) is 11.6. The summed E-state index contributed by atoms with van der Waals surface area (Å²) in [4.78, 5) is 25.2. The Morgan fingerprint density at radius 2 is 1.79 bits per heavy atom. The van der Waals surface area contributed by atoms with E-state index in [0.717, 1.165) is 17.5 Å². The van der Waals surface area contributed by atoms with Crippen LogP contribution in [0.2, 0.25) is 0 Å². The zero-order valence-corrected chi connectivity index (χ0v) is 13.2. The molecule has 0 bridgehead atoms. The highest BCUT2D eigenvalue weighted by molar-refractivity contribution is 5.89. The Morgan fingerprint density at radius 1 is 1.08 bits per heavy atom. The van der Waals surface area contributed by atoms with E-state index in [1.54, 1.807) is 17.0 Å². The maximum absolute atomic E-state index is 12.2. The standard InChI is InChI=1S/C19H19NO4/c21-18(22)17-9-5-4-8-16(17)15-10-11-20(12-15)19(23)24-13-14-6-2-1-3-7-14/h1-9,15H,10-13H2,(H,21,22). The number of carbonyl (C=O) groups excluding carboxylic acids is 1. The van der Waals surface area contributed by atoms with E-state index in [2.05, 4.69) is 0 Å². The van der Waals surface area contributed by atoms with Crippen molar-refractivity contribution in [2.45, 2.75) is 18.9 Å². The maximum Gasteiger partial charge on any atom is 0.410 e. The number of hydrogen-bond donors (Lipinski definition) is 1. The van der Waals surface area contributed by atoms with E-state index in [1.165, 1.54) is 0 Å². The van der Waals surface area contributed by atoms with Crippen molar-refractivity contribution in [1.82, 2.24) is 4.90 Å². The minimum atomic E-state index is -0.935. The summed E-state index contributed by atoms with van der Waals surface area (Å²) in [6.45, 7) is 1.30. The van der Waals surface area contributed by atoms with Gasteiger partial charge in [0.05, 0.1) is 5.56 Å². The van der Waals surface area contributed by atoms with Crippen molar-refractivity contribution in [3.63, 3.8) is 0 Å². The molecule has 2 aromatic rings. The molecule has 0 radical (unpaired) electrons. The van der Waals surface area contributed by atoms with Gasteiger partial charge >= 0.3 is 12.1 Å². The minimum absolute atomic E-state index is 0.0292. The SMILES string of the molecule is O=C(O)c1ccccc1C1CCN(C(=O)OCc2ccccc2)C1. The number of ether oxygens (including phenoxy) is 1. The lowest BCUT2D eigenvalue weighted by atomic mass is 9.93. The lowest BCUT2D eigenvalue weighted by Gasteiger charge is -2.17. The number of likely N-dealkylation sites (tertiary alicyclic amines) is 1. The van der Waals surface area contributed by atoms with Gasteiger partial charge in [-0.25, -0.2) is 9.59 Å². The Bertz CT molecular complexity index is 729. The molecule has 1 atom stereocenters. The van der Waals surface area contributed by atoms with Crippen LogP contribution in [0.4, 0.5) is 4.79 Å². The van der Waals surface area contributed by atoms with E-state index < -0.39 is 5.97 Å². The molecule has 1 amide bonds. The Balaban J connectivity index is 1.61. The number of carboxylic acids is 1. The zero-order chi connectivity index (χ0) is 16.9. The van der Waals surface area contributed by atoms with Gasteiger partial charge in [0.1, 0.15) is 6.61 Å². The second-order valence-electron chi connectivity index (χ2n) is 5.86. The number of rotatable bonds is 4. The van der Waals surface area contributed by atoms with Crippen molar-refractivity contribution in [1.29, 1.82) is 0 Å². The fraction of sp³-hybridized carbons (Fsp3) is 0.263. The quantitative estimate of drug-likeness (QED) is 0.934. The van der Waals surface area contributed by atoms with E-state index in [1.807, 2.05) is 42.5 Å². The zero-order valence-electron chi connectivity index (χ0n) is 13.2. The third-order valence-corrected chi connectivity index (χ3v) is 4.28. The molecule has 1 unspecified atom stereocenters. The molecule has 124 valence electrons. The molecule has 5 nitrogen and oxygen atoms in total. The van der Waals surface area contributed by atoms with Gasteiger partial charge in [-0.3, -0.25) is 0 Å². The number of aromatic carboxylic acids is 1. The Kier molecular flexibility index (Phi) is 4.79. The molecule has 5 heteroatoms. The van der Waals surface area contributed by atoms with Crippen LogP contribution in [0.5, 0.6) is 0 Å². The van der Waals surface area contributed by atoms with Crippen LogP contribution < -0.4 is 0 Å². The van der Waals surface area contributed by atoms with Gasteiger partial charge in [-0.2, -0.15) is 0 Å². The van der Waals surface area contributed by atoms with Crippen molar-refractivity contribution in [2.24, 2.45) is 0 Å². The van der Waals surface area contributed by atoms with Crippen molar-refractivity contribution >= 4 is 12.1 Å². The number of hydrogen-bond acceptors (Lipinski definition) is 3. The molecule has 0 aliphatic carbocycles. The van der Waals surface area contributed by atoms with E-state index in [4.69, 9.17) is 4.74 Å². The third-order valence-electron chi connectivity index (χ3n) is 4.28. The first kappa shape index (κ1) is 16.1. The average Bonchev–Trinajstić information content (AvgIpc) is 3.10. The van der Waals surface area contributed by atoms with E-state index >= 15 is 0 Å². The van der Waals surface area contributed by atoms with Crippen LogP contribution in [0.25, 0.3) is 0 Å². The minimum Gasteiger partial charge on any atom is -0.478 e. The van der Waals surface area contributed by atoms with Crippen molar-refractivity contribution < 1.29 is 19.4 Å². The highest BCUT2D eigenvalue weighted by Gasteiger charge is 2.30. The Morgan fingerprint density at radius 3 is 2.54 bits per heavy atom. The Labute approximate surface area is 140 Å². The molecular weight excluding hydrogens is 306 g/mol. The van der Waals surface area contributed by atoms with Crippen LogP contribution >= 0.6 is 0 Å². The summed E-state index contributed by atoms with van der Waals surface area (Å²) in [5.41, 5.74) is 2.03. The molecule has 0 aromatic heterocycles. The number of amides is 1. The van der Waals surface area contributed by atoms with Gasteiger partial charge in [-0.05, 0) is 23.6 Å². The van der Waals surface area contributed by atoms with E-state index in [0.29, 0.717) is 18.7 Å². The maximum atomic E-state index is 12.2. The molecule has 0 saturated carbocycles. The number of benzene rings is 2. The normalized spacial score (nSPS) is 16.8.